The van der Waals surface area contributed by atoms with Gasteiger partial charge < -0.3 is 15.3 Å². The van der Waals surface area contributed by atoms with Crippen molar-refractivity contribution in [3.63, 3.8) is 0 Å². The molecule has 0 aromatic heterocycles. The second kappa shape index (κ2) is 3.37. The summed E-state index contributed by atoms with van der Waals surface area (Å²) in [5.74, 6) is -2.80. The predicted molar refractivity (Wildman–Crippen MR) is 48.4 cm³/mol. The fraction of sp³-hybridized carbons (Fsp3) is 1.00. The van der Waals surface area contributed by atoms with Crippen molar-refractivity contribution < 1.29 is 15.3 Å². The molecule has 10 heavy (non-hydrogen) atoms. The maximum absolute atomic E-state index is 8.70. The van der Waals surface area contributed by atoms with Gasteiger partial charge in [0.05, 0.1) is 0 Å². The van der Waals surface area contributed by atoms with Crippen LogP contribution < -0.4 is 0 Å². The van der Waals surface area contributed by atoms with Crippen LogP contribution in [-0.2, 0) is 0 Å². The van der Waals surface area contributed by atoms with Crippen LogP contribution in [0.15, 0.2) is 0 Å². The standard InChI is InChI=1S/C4H7Br3O3/c1-2(5)3(6,7)4(8,9)10/h2,8-10H,1H3. The Morgan fingerprint density at radius 1 is 1.20 bits per heavy atom. The highest BCUT2D eigenvalue weighted by atomic mass is 79.9. The van der Waals surface area contributed by atoms with Gasteiger partial charge in [-0.15, -0.1) is 0 Å². The molecule has 0 radical (unpaired) electrons. The summed E-state index contributed by atoms with van der Waals surface area (Å²) in [5, 5.41) is 26.1. The minimum atomic E-state index is -2.80. The summed E-state index contributed by atoms with van der Waals surface area (Å²) >= 11 is 8.83. The summed E-state index contributed by atoms with van der Waals surface area (Å²) in [6.07, 6.45) is 0. The molecule has 0 rings (SSSR count). The average molecular weight is 343 g/mol. The average Bonchev–Trinajstić information content (AvgIpc) is 1.62. The molecule has 0 aromatic rings. The lowest BCUT2D eigenvalue weighted by Crippen LogP contribution is -2.49. The molecular weight excluding hydrogens is 336 g/mol. The van der Waals surface area contributed by atoms with Crippen molar-refractivity contribution in [3.8, 4) is 0 Å². The number of hydrogen-bond donors (Lipinski definition) is 3. The Hall–Kier alpha value is 1.32. The van der Waals surface area contributed by atoms with Crippen LogP contribution in [0.4, 0.5) is 0 Å². The van der Waals surface area contributed by atoms with Crippen LogP contribution in [0.25, 0.3) is 0 Å². The Kier molecular flexibility index (Phi) is 3.81. The van der Waals surface area contributed by atoms with E-state index in [1.54, 1.807) is 6.92 Å². The quantitative estimate of drug-likeness (QED) is 0.516. The molecule has 0 aliphatic carbocycles. The first-order valence-electron chi connectivity index (χ1n) is 2.38. The van der Waals surface area contributed by atoms with Gasteiger partial charge in [-0.05, 0) is 0 Å². The van der Waals surface area contributed by atoms with Crippen LogP contribution in [0, 0.1) is 0 Å². The fourth-order valence-corrected chi connectivity index (χ4v) is 0.574. The molecule has 6 heteroatoms. The van der Waals surface area contributed by atoms with Crippen LogP contribution in [0.2, 0.25) is 0 Å². The van der Waals surface area contributed by atoms with Crippen LogP contribution in [0.1, 0.15) is 6.92 Å². The number of hydrogen-bond acceptors (Lipinski definition) is 3. The van der Waals surface area contributed by atoms with E-state index in [2.05, 4.69) is 47.8 Å². The Balaban J connectivity index is 4.40. The van der Waals surface area contributed by atoms with Crippen molar-refractivity contribution in [2.75, 3.05) is 0 Å². The molecule has 0 aliphatic rings. The van der Waals surface area contributed by atoms with E-state index >= 15 is 0 Å². The van der Waals surface area contributed by atoms with Gasteiger partial charge in [0, 0.05) is 4.83 Å². The zero-order valence-electron chi connectivity index (χ0n) is 5.05. The van der Waals surface area contributed by atoms with Crippen molar-refractivity contribution in [2.24, 2.45) is 0 Å². The molecule has 0 fully saturated rings. The smallest absolute Gasteiger partial charge is 0.303 e. The van der Waals surface area contributed by atoms with E-state index in [-0.39, 0.29) is 4.83 Å². The molecule has 0 amide bonds. The summed E-state index contributed by atoms with van der Waals surface area (Å²) in [6.45, 7) is 1.64. The molecule has 0 saturated carbocycles. The molecule has 62 valence electrons. The number of alkyl halides is 3. The van der Waals surface area contributed by atoms with E-state index in [0.29, 0.717) is 0 Å². The van der Waals surface area contributed by atoms with Crippen molar-refractivity contribution in [3.05, 3.63) is 0 Å². The molecule has 1 unspecified atom stereocenters. The third-order valence-electron chi connectivity index (χ3n) is 0.947. The Bertz CT molecular complexity index is 117. The first-order valence-corrected chi connectivity index (χ1v) is 4.88. The van der Waals surface area contributed by atoms with E-state index in [9.17, 15) is 0 Å². The molecule has 0 aromatic carbocycles. The molecule has 0 spiro atoms. The first-order chi connectivity index (χ1) is 4.19. The molecule has 0 bridgehead atoms. The Morgan fingerprint density at radius 3 is 1.50 bits per heavy atom. The van der Waals surface area contributed by atoms with Gasteiger partial charge >= 0.3 is 5.97 Å². The normalized spacial score (nSPS) is 17.1. The molecule has 0 heterocycles. The van der Waals surface area contributed by atoms with Crippen LogP contribution >= 0.6 is 47.8 Å². The van der Waals surface area contributed by atoms with E-state index in [4.69, 9.17) is 15.3 Å². The van der Waals surface area contributed by atoms with Crippen molar-refractivity contribution >= 4 is 47.8 Å². The molecule has 0 saturated heterocycles. The largest absolute Gasteiger partial charge is 0.342 e. The van der Waals surface area contributed by atoms with Gasteiger partial charge in [0.15, 0.2) is 3.23 Å². The molecular formula is C4H7Br3O3. The van der Waals surface area contributed by atoms with Gasteiger partial charge in [-0.25, -0.2) is 0 Å². The first kappa shape index (κ1) is 11.3. The Labute approximate surface area is 83.8 Å². The summed E-state index contributed by atoms with van der Waals surface area (Å²) in [4.78, 5) is -0.347. The highest BCUT2D eigenvalue weighted by Gasteiger charge is 2.48. The van der Waals surface area contributed by atoms with Gasteiger partial charge in [0.25, 0.3) is 0 Å². The number of aliphatic hydroxyl groups is 3. The highest BCUT2D eigenvalue weighted by molar-refractivity contribution is 9.26. The molecule has 3 N–H and O–H groups in total. The lowest BCUT2D eigenvalue weighted by Gasteiger charge is -2.31. The lowest BCUT2D eigenvalue weighted by atomic mass is 10.3. The van der Waals surface area contributed by atoms with E-state index in [0.717, 1.165) is 0 Å². The third-order valence-corrected chi connectivity index (χ3v) is 5.30. The second-order valence-electron chi connectivity index (χ2n) is 1.87. The zero-order valence-corrected chi connectivity index (χ0v) is 9.81. The van der Waals surface area contributed by atoms with Crippen molar-refractivity contribution in [2.45, 2.75) is 21.0 Å². The maximum atomic E-state index is 8.70. The number of halogens is 3. The third kappa shape index (κ3) is 2.42. The SMILES string of the molecule is CC(Br)C(Br)(Br)C(O)(O)O. The topological polar surface area (TPSA) is 60.7 Å². The molecule has 0 aliphatic heterocycles. The lowest BCUT2D eigenvalue weighted by molar-refractivity contribution is -0.313. The van der Waals surface area contributed by atoms with Crippen LogP contribution in [0.5, 0.6) is 0 Å². The highest BCUT2D eigenvalue weighted by Crippen LogP contribution is 2.41. The summed E-state index contributed by atoms with van der Waals surface area (Å²) in [5.41, 5.74) is 0. The van der Waals surface area contributed by atoms with Gasteiger partial charge in [-0.3, -0.25) is 0 Å². The number of rotatable bonds is 2. The van der Waals surface area contributed by atoms with E-state index in [1.807, 2.05) is 0 Å². The predicted octanol–water partition coefficient (Wildman–Crippen LogP) is 0.887. The van der Waals surface area contributed by atoms with E-state index < -0.39 is 9.21 Å². The van der Waals surface area contributed by atoms with Crippen LogP contribution in [-0.4, -0.2) is 29.4 Å². The van der Waals surface area contributed by atoms with Crippen molar-refractivity contribution in [1.82, 2.24) is 0 Å². The van der Waals surface area contributed by atoms with Gasteiger partial charge in [0.1, 0.15) is 0 Å². The summed E-state index contributed by atoms with van der Waals surface area (Å²) in [6, 6.07) is 0. The minimum Gasteiger partial charge on any atom is -0.342 e. The monoisotopic (exact) mass is 340 g/mol. The van der Waals surface area contributed by atoms with Crippen molar-refractivity contribution in [1.29, 1.82) is 0 Å². The molecule has 3 nitrogen and oxygen atoms in total. The fourth-order valence-electron chi connectivity index (χ4n) is 0.267. The summed E-state index contributed by atoms with van der Waals surface area (Å²) in [7, 11) is 0. The zero-order chi connectivity index (χ0) is 8.58. The van der Waals surface area contributed by atoms with Gasteiger partial charge in [-0.2, -0.15) is 0 Å². The summed E-state index contributed by atoms with van der Waals surface area (Å²) < 4.78 is -1.35. The molecule has 1 atom stereocenters. The Morgan fingerprint density at radius 2 is 1.50 bits per heavy atom. The second-order valence-corrected chi connectivity index (χ2v) is 6.81. The van der Waals surface area contributed by atoms with Gasteiger partial charge in [-0.1, -0.05) is 54.7 Å². The minimum absolute atomic E-state index is 0.347. The maximum Gasteiger partial charge on any atom is 0.303 e. The van der Waals surface area contributed by atoms with E-state index in [1.165, 1.54) is 0 Å². The van der Waals surface area contributed by atoms with Crippen LogP contribution in [0.3, 0.4) is 0 Å². The van der Waals surface area contributed by atoms with Gasteiger partial charge in [0.2, 0.25) is 0 Å².